The number of benzene rings is 1. The van der Waals surface area contributed by atoms with Crippen LogP contribution in [0.4, 0.5) is 0 Å². The molecule has 0 aliphatic heterocycles. The Morgan fingerprint density at radius 2 is 1.75 bits per heavy atom. The summed E-state index contributed by atoms with van der Waals surface area (Å²) in [7, 11) is 0. The molecule has 134 valence electrons. The van der Waals surface area contributed by atoms with Crippen LogP contribution in [0.25, 0.3) is 0 Å². The predicted molar refractivity (Wildman–Crippen MR) is 94.5 cm³/mol. The maximum absolute atomic E-state index is 11.2. The number of carbonyl (C=O) groups excluding carboxylic acids is 1. The van der Waals surface area contributed by atoms with Crippen LogP contribution in [0.5, 0.6) is 0 Å². The molecule has 1 unspecified atom stereocenters. The first kappa shape index (κ1) is 20.1. The molecule has 0 fully saturated rings. The second kappa shape index (κ2) is 11.6. The van der Waals surface area contributed by atoms with Crippen LogP contribution in [0, 0.1) is 10.1 Å². The zero-order chi connectivity index (χ0) is 17.8. The van der Waals surface area contributed by atoms with E-state index in [2.05, 4.69) is 6.92 Å². The van der Waals surface area contributed by atoms with E-state index in [4.69, 9.17) is 4.74 Å². The first-order valence-electron chi connectivity index (χ1n) is 8.90. The lowest BCUT2D eigenvalue weighted by atomic mass is 10.00. The van der Waals surface area contributed by atoms with Gasteiger partial charge in [0.25, 0.3) is 0 Å². The first-order valence-corrected chi connectivity index (χ1v) is 8.90. The van der Waals surface area contributed by atoms with Gasteiger partial charge in [-0.05, 0) is 18.4 Å². The molecule has 0 aromatic heterocycles. The maximum atomic E-state index is 11.2. The van der Waals surface area contributed by atoms with Crippen LogP contribution in [0.15, 0.2) is 24.3 Å². The van der Waals surface area contributed by atoms with Crippen molar-refractivity contribution < 1.29 is 14.5 Å². The molecule has 0 aliphatic carbocycles. The fraction of sp³-hybridized carbons (Fsp3) is 0.632. The molecule has 0 N–H and O–H groups in total. The molecule has 0 amide bonds. The summed E-state index contributed by atoms with van der Waals surface area (Å²) < 4.78 is 4.82. The van der Waals surface area contributed by atoms with Crippen molar-refractivity contribution in [2.24, 2.45) is 0 Å². The van der Waals surface area contributed by atoms with Crippen molar-refractivity contribution in [3.05, 3.63) is 45.5 Å². The third kappa shape index (κ3) is 8.09. The number of carbonyl (C=O) groups is 1. The lowest BCUT2D eigenvalue weighted by Gasteiger charge is -2.10. The Kier molecular flexibility index (Phi) is 9.73. The molecule has 5 heteroatoms. The highest BCUT2D eigenvalue weighted by molar-refractivity contribution is 5.65. The zero-order valence-electron chi connectivity index (χ0n) is 14.8. The van der Waals surface area contributed by atoms with E-state index < -0.39 is 12.0 Å². The third-order valence-electron chi connectivity index (χ3n) is 4.13. The SMILES string of the molecule is CCCCCCCCc1ccc(C(CCOC(C)=O)[N+](=O)[O-])cc1. The molecule has 24 heavy (non-hydrogen) atoms. The second-order valence-electron chi connectivity index (χ2n) is 6.19. The van der Waals surface area contributed by atoms with E-state index in [1.54, 1.807) is 0 Å². The van der Waals surface area contributed by atoms with Gasteiger partial charge in [0.15, 0.2) is 0 Å². The molecule has 1 atom stereocenters. The maximum Gasteiger partial charge on any atom is 0.302 e. The number of nitro groups is 1. The Morgan fingerprint density at radius 3 is 2.33 bits per heavy atom. The molecule has 0 bridgehead atoms. The minimum Gasteiger partial charge on any atom is -0.466 e. The molecule has 5 nitrogen and oxygen atoms in total. The summed E-state index contributed by atoms with van der Waals surface area (Å²) in [5, 5.41) is 11.2. The van der Waals surface area contributed by atoms with Gasteiger partial charge in [0.05, 0.1) is 13.0 Å². The summed E-state index contributed by atoms with van der Waals surface area (Å²) in [6, 6.07) is 6.78. The highest BCUT2D eigenvalue weighted by Gasteiger charge is 2.22. The highest BCUT2D eigenvalue weighted by Crippen LogP contribution is 2.21. The molecule has 1 aromatic carbocycles. The minimum atomic E-state index is -0.826. The molecule has 1 rings (SSSR count). The predicted octanol–water partition coefficient (Wildman–Crippen LogP) is 4.86. The van der Waals surface area contributed by atoms with E-state index >= 15 is 0 Å². The van der Waals surface area contributed by atoms with Crippen LogP contribution in [-0.2, 0) is 16.0 Å². The van der Waals surface area contributed by atoms with Gasteiger partial charge in [-0.1, -0.05) is 63.3 Å². The molecule has 0 heterocycles. The number of hydrogen-bond acceptors (Lipinski definition) is 4. The Hall–Kier alpha value is -1.91. The lowest BCUT2D eigenvalue weighted by Crippen LogP contribution is -2.14. The largest absolute Gasteiger partial charge is 0.466 e. The van der Waals surface area contributed by atoms with Gasteiger partial charge in [0.1, 0.15) is 0 Å². The summed E-state index contributed by atoms with van der Waals surface area (Å²) >= 11 is 0. The molecular formula is C19H29NO4. The number of aryl methyl sites for hydroxylation is 1. The first-order chi connectivity index (χ1) is 11.5. The third-order valence-corrected chi connectivity index (χ3v) is 4.13. The lowest BCUT2D eigenvalue weighted by molar-refractivity contribution is -0.530. The van der Waals surface area contributed by atoms with Crippen LogP contribution in [0.3, 0.4) is 0 Å². The van der Waals surface area contributed by atoms with Gasteiger partial charge in [0.2, 0.25) is 6.04 Å². The molecular weight excluding hydrogens is 306 g/mol. The molecule has 1 aromatic rings. The van der Waals surface area contributed by atoms with Crippen LogP contribution in [-0.4, -0.2) is 17.5 Å². The van der Waals surface area contributed by atoms with E-state index in [1.165, 1.54) is 44.6 Å². The summed E-state index contributed by atoms with van der Waals surface area (Å²) in [5.41, 5.74) is 1.88. The topological polar surface area (TPSA) is 69.4 Å². The van der Waals surface area contributed by atoms with Crippen LogP contribution in [0.2, 0.25) is 0 Å². The molecule has 0 aliphatic rings. The van der Waals surface area contributed by atoms with Crippen molar-refractivity contribution in [2.75, 3.05) is 6.61 Å². The molecule has 0 radical (unpaired) electrons. The average molecular weight is 335 g/mol. The van der Waals surface area contributed by atoms with E-state index in [9.17, 15) is 14.9 Å². The summed E-state index contributed by atoms with van der Waals surface area (Å²) in [6.45, 7) is 3.59. The van der Waals surface area contributed by atoms with Crippen molar-refractivity contribution in [3.63, 3.8) is 0 Å². The Bertz CT molecular complexity index is 499. The summed E-state index contributed by atoms with van der Waals surface area (Å²) in [5.74, 6) is -0.411. The summed E-state index contributed by atoms with van der Waals surface area (Å²) in [6.07, 6.45) is 8.77. The number of rotatable bonds is 12. The van der Waals surface area contributed by atoms with Gasteiger partial charge in [0, 0.05) is 17.4 Å². The average Bonchev–Trinajstić information content (AvgIpc) is 2.55. The van der Waals surface area contributed by atoms with E-state index in [0.717, 1.165) is 12.8 Å². The number of nitrogens with zero attached hydrogens (tertiary/aromatic N) is 1. The fourth-order valence-corrected chi connectivity index (χ4v) is 2.72. The number of ether oxygens (including phenoxy) is 1. The Balaban J connectivity index is 2.45. The zero-order valence-corrected chi connectivity index (χ0v) is 14.8. The van der Waals surface area contributed by atoms with Crippen LogP contribution in [0.1, 0.15) is 76.0 Å². The standard InChI is InChI=1S/C19H29NO4/c1-3-4-5-6-7-8-9-17-10-12-18(13-11-17)19(20(22)23)14-15-24-16(2)21/h10-13,19H,3-9,14-15H2,1-2H3. The van der Waals surface area contributed by atoms with Crippen LogP contribution < -0.4 is 0 Å². The van der Waals surface area contributed by atoms with Gasteiger partial charge in [-0.2, -0.15) is 0 Å². The normalized spacial score (nSPS) is 11.9. The van der Waals surface area contributed by atoms with Crippen molar-refractivity contribution in [1.82, 2.24) is 0 Å². The van der Waals surface area contributed by atoms with Gasteiger partial charge in [-0.3, -0.25) is 14.9 Å². The number of esters is 1. The molecule has 0 saturated heterocycles. The van der Waals surface area contributed by atoms with Gasteiger partial charge in [-0.15, -0.1) is 0 Å². The van der Waals surface area contributed by atoms with Gasteiger partial charge >= 0.3 is 5.97 Å². The monoisotopic (exact) mass is 335 g/mol. The Labute approximate surface area is 144 Å². The van der Waals surface area contributed by atoms with E-state index in [-0.39, 0.29) is 18.0 Å². The second-order valence-corrected chi connectivity index (χ2v) is 6.19. The van der Waals surface area contributed by atoms with Crippen molar-refractivity contribution in [2.45, 2.75) is 71.3 Å². The molecule has 0 saturated carbocycles. The number of hydrogen-bond donors (Lipinski definition) is 0. The van der Waals surface area contributed by atoms with Gasteiger partial charge < -0.3 is 4.74 Å². The van der Waals surface area contributed by atoms with Crippen molar-refractivity contribution in [3.8, 4) is 0 Å². The highest BCUT2D eigenvalue weighted by atomic mass is 16.6. The van der Waals surface area contributed by atoms with Gasteiger partial charge in [-0.25, -0.2) is 0 Å². The van der Waals surface area contributed by atoms with E-state index in [0.29, 0.717) is 5.56 Å². The smallest absolute Gasteiger partial charge is 0.302 e. The summed E-state index contributed by atoms with van der Waals surface area (Å²) in [4.78, 5) is 21.7. The van der Waals surface area contributed by atoms with Crippen molar-refractivity contribution >= 4 is 5.97 Å². The quantitative estimate of drug-likeness (QED) is 0.237. The van der Waals surface area contributed by atoms with Crippen molar-refractivity contribution in [1.29, 1.82) is 0 Å². The fourth-order valence-electron chi connectivity index (χ4n) is 2.72. The van der Waals surface area contributed by atoms with Crippen LogP contribution >= 0.6 is 0 Å². The van der Waals surface area contributed by atoms with E-state index in [1.807, 2.05) is 24.3 Å². The number of unbranched alkanes of at least 4 members (excludes halogenated alkanes) is 5. The minimum absolute atomic E-state index is 0.0699. The molecule has 0 spiro atoms. The Morgan fingerprint density at radius 1 is 1.12 bits per heavy atom.